The van der Waals surface area contributed by atoms with Crippen molar-refractivity contribution < 1.29 is 8.42 Å². The third-order valence-corrected chi connectivity index (χ3v) is 8.18. The van der Waals surface area contributed by atoms with E-state index < -0.39 is 10.0 Å². The van der Waals surface area contributed by atoms with E-state index in [9.17, 15) is 8.42 Å². The highest BCUT2D eigenvalue weighted by molar-refractivity contribution is 7.89. The van der Waals surface area contributed by atoms with Gasteiger partial charge >= 0.3 is 0 Å². The summed E-state index contributed by atoms with van der Waals surface area (Å²) in [6.07, 6.45) is 4.91. The first-order chi connectivity index (χ1) is 11.9. The molecule has 0 bridgehead atoms. The highest BCUT2D eigenvalue weighted by Crippen LogP contribution is 2.44. The highest BCUT2D eigenvalue weighted by Gasteiger charge is 2.44. The Morgan fingerprint density at radius 3 is 2.84 bits per heavy atom. The summed E-state index contributed by atoms with van der Waals surface area (Å²) in [6, 6.07) is 6.81. The van der Waals surface area contributed by atoms with Gasteiger partial charge in [-0.05, 0) is 43.0 Å². The predicted molar refractivity (Wildman–Crippen MR) is 101 cm³/mol. The summed E-state index contributed by atoms with van der Waals surface area (Å²) >= 11 is 0. The SMILES string of the molecule is CCCN1CC(S(=O)(=O)N(C)C)C[C@@H]2c3cccc4[nH]cc(c34)C[C@H]21. The third-order valence-electron chi connectivity index (χ3n) is 5.98. The summed E-state index contributed by atoms with van der Waals surface area (Å²) in [5, 5.41) is 0.995. The standard InChI is InChI=1S/C19H27N3O2S/c1-4-8-22-12-14(25(23,24)21(2)3)10-16-15-6-5-7-17-19(15)13(11-20-17)9-18(16)22/h5-7,11,14,16,18,20H,4,8-10,12H2,1-3H3/t14?,16-,18-/m1/s1. The number of H-pyrrole nitrogens is 1. The maximum atomic E-state index is 12.8. The first kappa shape index (κ1) is 17.1. The van der Waals surface area contributed by atoms with Gasteiger partial charge in [-0.3, -0.25) is 4.90 Å². The summed E-state index contributed by atoms with van der Waals surface area (Å²) in [5.74, 6) is 0.284. The Balaban J connectivity index is 1.79. The molecule has 0 amide bonds. The van der Waals surface area contributed by atoms with E-state index in [0.29, 0.717) is 12.6 Å². The van der Waals surface area contributed by atoms with Gasteiger partial charge in [-0.25, -0.2) is 12.7 Å². The summed E-state index contributed by atoms with van der Waals surface area (Å²) in [4.78, 5) is 5.82. The van der Waals surface area contributed by atoms with E-state index in [0.717, 1.165) is 25.8 Å². The molecule has 0 spiro atoms. The number of aromatic amines is 1. The highest BCUT2D eigenvalue weighted by atomic mass is 32.2. The van der Waals surface area contributed by atoms with Gasteiger partial charge in [0.15, 0.2) is 0 Å². The Kier molecular flexibility index (Phi) is 4.17. The van der Waals surface area contributed by atoms with E-state index >= 15 is 0 Å². The number of hydrogen-bond acceptors (Lipinski definition) is 3. The molecule has 6 heteroatoms. The van der Waals surface area contributed by atoms with Crippen molar-refractivity contribution in [2.75, 3.05) is 27.2 Å². The zero-order chi connectivity index (χ0) is 17.8. The van der Waals surface area contributed by atoms with Gasteiger partial charge in [0.1, 0.15) is 0 Å². The van der Waals surface area contributed by atoms with E-state index in [2.05, 4.69) is 41.2 Å². The lowest BCUT2D eigenvalue weighted by Gasteiger charge is -2.47. The lowest BCUT2D eigenvalue weighted by Crippen LogP contribution is -2.55. The summed E-state index contributed by atoms with van der Waals surface area (Å²) in [5.41, 5.74) is 3.87. The molecule has 5 nitrogen and oxygen atoms in total. The minimum Gasteiger partial charge on any atom is -0.361 e. The molecule has 1 aromatic carbocycles. The van der Waals surface area contributed by atoms with E-state index in [1.54, 1.807) is 14.1 Å². The van der Waals surface area contributed by atoms with Crippen molar-refractivity contribution in [3.63, 3.8) is 0 Å². The zero-order valence-electron chi connectivity index (χ0n) is 15.2. The van der Waals surface area contributed by atoms with Crippen LogP contribution in [0.2, 0.25) is 0 Å². The van der Waals surface area contributed by atoms with Crippen molar-refractivity contribution >= 4 is 20.9 Å². The molecule has 4 rings (SSSR count). The molecule has 25 heavy (non-hydrogen) atoms. The lowest BCUT2D eigenvalue weighted by atomic mass is 9.75. The topological polar surface area (TPSA) is 56.4 Å². The van der Waals surface area contributed by atoms with Gasteiger partial charge in [0.2, 0.25) is 10.0 Å². The number of nitrogens with zero attached hydrogens (tertiary/aromatic N) is 2. The molecular formula is C19H27N3O2S. The second-order valence-electron chi connectivity index (χ2n) is 7.64. The normalized spacial score (nSPS) is 27.0. The van der Waals surface area contributed by atoms with Gasteiger partial charge in [-0.1, -0.05) is 19.1 Å². The largest absolute Gasteiger partial charge is 0.361 e. The summed E-state index contributed by atoms with van der Waals surface area (Å²) in [7, 11) is 0.0496. The Morgan fingerprint density at radius 2 is 2.12 bits per heavy atom. The van der Waals surface area contributed by atoms with Crippen LogP contribution < -0.4 is 0 Å². The Hall–Kier alpha value is -1.37. The van der Waals surface area contributed by atoms with Crippen LogP contribution in [0, 0.1) is 0 Å². The quantitative estimate of drug-likeness (QED) is 0.910. The van der Waals surface area contributed by atoms with E-state index in [1.807, 2.05) is 0 Å². The monoisotopic (exact) mass is 361 g/mol. The van der Waals surface area contributed by atoms with E-state index in [1.165, 1.54) is 26.3 Å². The van der Waals surface area contributed by atoms with Crippen LogP contribution in [0.4, 0.5) is 0 Å². The fraction of sp³-hybridized carbons (Fsp3) is 0.579. The number of nitrogens with one attached hydrogen (secondary N) is 1. The Morgan fingerprint density at radius 1 is 1.32 bits per heavy atom. The second-order valence-corrected chi connectivity index (χ2v) is 10.1. The average Bonchev–Trinajstić information content (AvgIpc) is 3.00. The zero-order valence-corrected chi connectivity index (χ0v) is 16.0. The number of fused-ring (bicyclic) bond motifs is 2. The maximum Gasteiger partial charge on any atom is 0.217 e. The molecule has 136 valence electrons. The predicted octanol–water partition coefficient (Wildman–Crippen LogP) is 2.55. The molecule has 1 aromatic heterocycles. The molecule has 1 fully saturated rings. The van der Waals surface area contributed by atoms with E-state index in [4.69, 9.17) is 0 Å². The Bertz CT molecular complexity index is 887. The van der Waals surface area contributed by atoms with Gasteiger partial charge in [0, 0.05) is 49.7 Å². The van der Waals surface area contributed by atoms with Crippen molar-refractivity contribution in [1.29, 1.82) is 0 Å². The molecular weight excluding hydrogens is 334 g/mol. The molecule has 1 aliphatic heterocycles. The third kappa shape index (κ3) is 2.62. The van der Waals surface area contributed by atoms with Crippen molar-refractivity contribution in [3.05, 3.63) is 35.5 Å². The maximum absolute atomic E-state index is 12.8. The number of benzene rings is 1. The van der Waals surface area contributed by atoms with Crippen molar-refractivity contribution in [3.8, 4) is 0 Å². The number of sulfonamides is 1. The molecule has 1 unspecified atom stereocenters. The molecule has 3 atom stereocenters. The van der Waals surface area contributed by atoms with Crippen molar-refractivity contribution in [1.82, 2.24) is 14.2 Å². The molecule has 1 N–H and O–H groups in total. The fourth-order valence-electron chi connectivity index (χ4n) is 4.81. The van der Waals surface area contributed by atoms with Crippen molar-refractivity contribution in [2.24, 2.45) is 0 Å². The number of hydrogen-bond donors (Lipinski definition) is 1. The molecule has 2 aromatic rings. The van der Waals surface area contributed by atoms with Gasteiger partial charge in [0.05, 0.1) is 5.25 Å². The average molecular weight is 362 g/mol. The smallest absolute Gasteiger partial charge is 0.217 e. The van der Waals surface area contributed by atoms with Crippen LogP contribution in [0.15, 0.2) is 24.4 Å². The minimum atomic E-state index is -3.25. The molecule has 2 heterocycles. The van der Waals surface area contributed by atoms with Crippen LogP contribution in [0.3, 0.4) is 0 Å². The Labute approximate surface area is 150 Å². The fourth-order valence-corrected chi connectivity index (χ4v) is 6.24. The first-order valence-corrected chi connectivity index (χ1v) is 10.7. The lowest BCUT2D eigenvalue weighted by molar-refractivity contribution is 0.125. The van der Waals surface area contributed by atoms with Crippen molar-refractivity contribution in [2.45, 2.75) is 43.4 Å². The van der Waals surface area contributed by atoms with Crippen LogP contribution >= 0.6 is 0 Å². The van der Waals surface area contributed by atoms with Crippen LogP contribution in [0.1, 0.15) is 36.8 Å². The number of piperidine rings is 1. The van der Waals surface area contributed by atoms with Gasteiger partial charge in [-0.15, -0.1) is 0 Å². The molecule has 0 saturated carbocycles. The van der Waals surface area contributed by atoms with Gasteiger partial charge < -0.3 is 4.98 Å². The van der Waals surface area contributed by atoms with E-state index in [-0.39, 0.29) is 11.2 Å². The van der Waals surface area contributed by atoms with Gasteiger partial charge in [0.25, 0.3) is 0 Å². The second kappa shape index (κ2) is 6.11. The molecule has 2 aliphatic rings. The summed E-state index contributed by atoms with van der Waals surface area (Å²) < 4.78 is 27.1. The molecule has 1 saturated heterocycles. The van der Waals surface area contributed by atoms with Crippen LogP contribution in [-0.2, 0) is 16.4 Å². The van der Waals surface area contributed by atoms with Gasteiger partial charge in [-0.2, -0.15) is 0 Å². The number of rotatable bonds is 4. The minimum absolute atomic E-state index is 0.284. The first-order valence-electron chi connectivity index (χ1n) is 9.17. The number of likely N-dealkylation sites (tertiary alicyclic amines) is 1. The van der Waals surface area contributed by atoms with Crippen LogP contribution in [0.25, 0.3) is 10.9 Å². The van der Waals surface area contributed by atoms with Crippen LogP contribution in [-0.4, -0.2) is 61.1 Å². The molecule has 0 radical (unpaired) electrons. The number of aromatic nitrogens is 1. The van der Waals surface area contributed by atoms with Crippen LogP contribution in [0.5, 0.6) is 0 Å². The summed E-state index contributed by atoms with van der Waals surface area (Å²) in [6.45, 7) is 3.77. The molecule has 1 aliphatic carbocycles.